The van der Waals surface area contributed by atoms with Gasteiger partial charge in [-0.1, -0.05) is 188 Å². The molecule has 0 amide bonds. The Morgan fingerprint density at radius 3 is 1.36 bits per heavy atom. The zero-order chi connectivity index (χ0) is 40.0. The number of para-hydroxylation sites is 2. The minimum absolute atomic E-state index is 1.17. The summed E-state index contributed by atoms with van der Waals surface area (Å²) in [7, 11) is 0. The molecule has 0 aliphatic heterocycles. The topological polar surface area (TPSA) is 4.93 Å². The summed E-state index contributed by atoms with van der Waals surface area (Å²) < 4.78 is 2.40. The second-order valence-electron chi connectivity index (χ2n) is 16.3. The van der Waals surface area contributed by atoms with Crippen LogP contribution in [0, 0.1) is 0 Å². The number of aromatic nitrogens is 1. The molecular formula is C60H37N. The minimum atomic E-state index is 1.17. The summed E-state index contributed by atoms with van der Waals surface area (Å²) in [4.78, 5) is 0. The van der Waals surface area contributed by atoms with E-state index in [1.165, 1.54) is 126 Å². The van der Waals surface area contributed by atoms with E-state index >= 15 is 0 Å². The lowest BCUT2D eigenvalue weighted by molar-refractivity contribution is 1.18. The first-order chi connectivity index (χ1) is 30.3. The number of benzene rings is 12. The van der Waals surface area contributed by atoms with Gasteiger partial charge >= 0.3 is 0 Å². The Kier molecular flexibility index (Phi) is 7.37. The maximum absolute atomic E-state index is 2.45. The van der Waals surface area contributed by atoms with Gasteiger partial charge in [0.1, 0.15) is 0 Å². The average molecular weight is 772 g/mol. The Morgan fingerprint density at radius 1 is 0.213 bits per heavy atom. The summed E-state index contributed by atoms with van der Waals surface area (Å²) in [5.74, 6) is 0. The molecule has 1 heteroatoms. The van der Waals surface area contributed by atoms with Crippen LogP contribution in [-0.2, 0) is 0 Å². The predicted molar refractivity (Wildman–Crippen MR) is 262 cm³/mol. The van der Waals surface area contributed by atoms with E-state index in [1.54, 1.807) is 0 Å². The summed E-state index contributed by atoms with van der Waals surface area (Å²) in [5, 5.41) is 17.9. The van der Waals surface area contributed by atoms with Crippen LogP contribution in [-0.4, -0.2) is 4.57 Å². The quantitative estimate of drug-likeness (QED) is 0.157. The molecule has 13 rings (SSSR count). The van der Waals surface area contributed by atoms with Gasteiger partial charge in [-0.05, 0) is 134 Å². The minimum Gasteiger partial charge on any atom is -0.309 e. The van der Waals surface area contributed by atoms with Crippen molar-refractivity contribution in [1.29, 1.82) is 0 Å². The Bertz CT molecular complexity index is 3910. The van der Waals surface area contributed by atoms with Gasteiger partial charge in [0.25, 0.3) is 0 Å². The van der Waals surface area contributed by atoms with Crippen molar-refractivity contribution in [2.75, 3.05) is 0 Å². The van der Waals surface area contributed by atoms with Crippen LogP contribution in [0.15, 0.2) is 224 Å². The van der Waals surface area contributed by atoms with Crippen LogP contribution in [0.2, 0.25) is 0 Å². The Labute approximate surface area is 353 Å². The highest BCUT2D eigenvalue weighted by Crippen LogP contribution is 2.47. The van der Waals surface area contributed by atoms with E-state index < -0.39 is 0 Å². The molecule has 0 bridgehead atoms. The number of fused-ring (bicyclic) bond motifs is 15. The van der Waals surface area contributed by atoms with Gasteiger partial charge < -0.3 is 4.57 Å². The molecule has 0 unspecified atom stereocenters. The number of rotatable bonds is 4. The van der Waals surface area contributed by atoms with Crippen LogP contribution >= 0.6 is 0 Å². The van der Waals surface area contributed by atoms with E-state index in [0.717, 1.165) is 0 Å². The van der Waals surface area contributed by atoms with Crippen LogP contribution in [0.5, 0.6) is 0 Å². The predicted octanol–water partition coefficient (Wildman–Crippen LogP) is 16.7. The highest BCUT2D eigenvalue weighted by molar-refractivity contribution is 6.39. The van der Waals surface area contributed by atoms with E-state index in [0.29, 0.717) is 0 Å². The molecule has 0 fully saturated rings. The van der Waals surface area contributed by atoms with Gasteiger partial charge in [0, 0.05) is 16.5 Å². The maximum atomic E-state index is 2.45. The molecule has 1 heterocycles. The fraction of sp³-hybridized carbons (Fsp3) is 0. The van der Waals surface area contributed by atoms with Gasteiger partial charge in [-0.25, -0.2) is 0 Å². The molecular weight excluding hydrogens is 735 g/mol. The molecule has 282 valence electrons. The van der Waals surface area contributed by atoms with Gasteiger partial charge in [-0.15, -0.1) is 0 Å². The lowest BCUT2D eigenvalue weighted by Gasteiger charge is -2.18. The second kappa shape index (κ2) is 13.3. The fourth-order valence-corrected chi connectivity index (χ4v) is 10.5. The van der Waals surface area contributed by atoms with Crippen molar-refractivity contribution < 1.29 is 0 Å². The van der Waals surface area contributed by atoms with Crippen LogP contribution in [0.4, 0.5) is 0 Å². The standard InChI is InChI=1S/C60H37N/c1-3-16-38(17-4-1)39-32-34-51-54(36-39)46-20-7-9-22-49(46)60-52-35-33-40(37-55(52)47-21-8-10-23-50(47)59(51)60)42-25-13-27-44-43(42)26-14-28-45(44)48-29-15-31-57-58(48)53-24-11-12-30-56(53)61(57)41-18-5-2-6-19-41/h1-37H. The smallest absolute Gasteiger partial charge is 0.0547 e. The Balaban J connectivity index is 1.05. The van der Waals surface area contributed by atoms with Crippen molar-refractivity contribution in [2.24, 2.45) is 0 Å². The van der Waals surface area contributed by atoms with E-state index in [9.17, 15) is 0 Å². The summed E-state index contributed by atoms with van der Waals surface area (Å²) >= 11 is 0. The first kappa shape index (κ1) is 33.9. The Morgan fingerprint density at radius 2 is 0.672 bits per heavy atom. The lowest BCUT2D eigenvalue weighted by atomic mass is 9.85. The van der Waals surface area contributed by atoms with Crippen molar-refractivity contribution in [2.45, 2.75) is 0 Å². The third-order valence-electron chi connectivity index (χ3n) is 13.1. The summed E-state index contributed by atoms with van der Waals surface area (Å²) in [6.07, 6.45) is 0. The highest BCUT2D eigenvalue weighted by Gasteiger charge is 2.20. The van der Waals surface area contributed by atoms with Gasteiger partial charge in [-0.3, -0.25) is 0 Å². The van der Waals surface area contributed by atoms with E-state index in [2.05, 4.69) is 229 Å². The zero-order valence-electron chi connectivity index (χ0n) is 33.3. The monoisotopic (exact) mass is 771 g/mol. The molecule has 12 aromatic carbocycles. The molecule has 0 radical (unpaired) electrons. The fourth-order valence-electron chi connectivity index (χ4n) is 10.5. The SMILES string of the molecule is c1ccc(-c2ccc3c(c2)c2ccccc2c2c4ccc(-c5cccc6c(-c7cccc8c7c7ccccc7n8-c7ccccc7)cccc56)cc4c4ccccc4c32)cc1. The largest absolute Gasteiger partial charge is 0.309 e. The first-order valence-electron chi connectivity index (χ1n) is 21.2. The molecule has 1 aromatic heterocycles. The van der Waals surface area contributed by atoms with Crippen LogP contribution in [0.25, 0.3) is 126 Å². The van der Waals surface area contributed by atoms with Crippen LogP contribution < -0.4 is 0 Å². The highest BCUT2D eigenvalue weighted by atomic mass is 15.0. The maximum Gasteiger partial charge on any atom is 0.0547 e. The number of nitrogens with zero attached hydrogens (tertiary/aromatic N) is 1. The van der Waals surface area contributed by atoms with Gasteiger partial charge in [0.15, 0.2) is 0 Å². The molecule has 13 aromatic rings. The molecule has 0 spiro atoms. The number of hydrogen-bond donors (Lipinski definition) is 0. The van der Waals surface area contributed by atoms with Crippen molar-refractivity contribution in [1.82, 2.24) is 4.57 Å². The van der Waals surface area contributed by atoms with Crippen molar-refractivity contribution >= 4 is 86.4 Å². The zero-order valence-corrected chi connectivity index (χ0v) is 33.3. The second-order valence-corrected chi connectivity index (χ2v) is 16.3. The van der Waals surface area contributed by atoms with Gasteiger partial charge in [-0.2, -0.15) is 0 Å². The molecule has 0 N–H and O–H groups in total. The normalized spacial score (nSPS) is 11.9. The number of hydrogen-bond acceptors (Lipinski definition) is 0. The summed E-state index contributed by atoms with van der Waals surface area (Å²) in [5.41, 5.74) is 11.0. The van der Waals surface area contributed by atoms with Crippen molar-refractivity contribution in [3.8, 4) is 39.1 Å². The molecule has 0 atom stereocenters. The van der Waals surface area contributed by atoms with E-state index in [1.807, 2.05) is 0 Å². The molecule has 61 heavy (non-hydrogen) atoms. The first-order valence-corrected chi connectivity index (χ1v) is 21.2. The third kappa shape index (κ3) is 5.02. The Hall–Kier alpha value is -8.00. The van der Waals surface area contributed by atoms with Gasteiger partial charge in [0.2, 0.25) is 0 Å². The molecule has 1 nitrogen and oxygen atoms in total. The molecule has 0 saturated heterocycles. The molecule has 0 aliphatic carbocycles. The lowest BCUT2D eigenvalue weighted by Crippen LogP contribution is -1.93. The average Bonchev–Trinajstić information content (AvgIpc) is 3.68. The van der Waals surface area contributed by atoms with Crippen LogP contribution in [0.3, 0.4) is 0 Å². The van der Waals surface area contributed by atoms with Crippen molar-refractivity contribution in [3.63, 3.8) is 0 Å². The van der Waals surface area contributed by atoms with E-state index in [-0.39, 0.29) is 0 Å². The van der Waals surface area contributed by atoms with Crippen LogP contribution in [0.1, 0.15) is 0 Å². The summed E-state index contributed by atoms with van der Waals surface area (Å²) in [6.45, 7) is 0. The van der Waals surface area contributed by atoms with Crippen molar-refractivity contribution in [3.05, 3.63) is 224 Å². The van der Waals surface area contributed by atoms with E-state index in [4.69, 9.17) is 0 Å². The molecule has 0 saturated carbocycles. The van der Waals surface area contributed by atoms with Gasteiger partial charge in [0.05, 0.1) is 11.0 Å². The summed E-state index contributed by atoms with van der Waals surface area (Å²) in [6, 6.07) is 83.0. The molecule has 0 aliphatic rings. The third-order valence-corrected chi connectivity index (χ3v) is 13.1.